The Morgan fingerprint density at radius 2 is 2.00 bits per heavy atom. The van der Waals surface area contributed by atoms with Crippen molar-refractivity contribution < 1.29 is 9.53 Å². The molecule has 0 spiro atoms. The minimum Gasteiger partial charge on any atom is -0.425 e. The van der Waals surface area contributed by atoms with E-state index in [1.807, 2.05) is 18.2 Å². The summed E-state index contributed by atoms with van der Waals surface area (Å²) in [6.07, 6.45) is 3.43. The fourth-order valence-corrected chi connectivity index (χ4v) is 1.17. The summed E-state index contributed by atoms with van der Waals surface area (Å²) in [5, 5.41) is 0. The monoisotopic (exact) mass is 211 g/mol. The molecule has 2 rings (SSSR count). The molecule has 1 aliphatic heterocycles. The number of nitrogens with two attached hydrogens (primary N) is 1. The zero-order chi connectivity index (χ0) is 9.26. The van der Waals surface area contributed by atoms with Crippen LogP contribution in [-0.4, -0.2) is 12.0 Å². The van der Waals surface area contributed by atoms with Crippen molar-refractivity contribution in [3.8, 4) is 5.75 Å². The summed E-state index contributed by atoms with van der Waals surface area (Å²) in [5.74, 6) is 0.151. The van der Waals surface area contributed by atoms with E-state index in [-0.39, 0.29) is 12.4 Å². The zero-order valence-corrected chi connectivity index (χ0v) is 8.16. The summed E-state index contributed by atoms with van der Waals surface area (Å²) in [7, 11) is 0. The van der Waals surface area contributed by atoms with E-state index < -0.39 is 12.0 Å². The van der Waals surface area contributed by atoms with Crippen LogP contribution < -0.4 is 10.5 Å². The molecule has 0 fully saturated rings. The molecule has 14 heavy (non-hydrogen) atoms. The van der Waals surface area contributed by atoms with Crippen LogP contribution in [0.5, 0.6) is 5.75 Å². The third-order valence-electron chi connectivity index (χ3n) is 1.88. The van der Waals surface area contributed by atoms with Crippen molar-refractivity contribution in [2.75, 3.05) is 0 Å². The molecule has 1 heterocycles. The van der Waals surface area contributed by atoms with Gasteiger partial charge in [0.15, 0.2) is 0 Å². The molecule has 1 unspecified atom stereocenters. The number of fused-ring (bicyclic) bond motifs is 1. The first-order valence-electron chi connectivity index (χ1n) is 4.02. The molecule has 0 saturated carbocycles. The summed E-state index contributed by atoms with van der Waals surface area (Å²) in [5.41, 5.74) is 6.37. The number of hydrogen-bond acceptors (Lipinski definition) is 3. The Hall–Kier alpha value is -1.32. The lowest BCUT2D eigenvalue weighted by Crippen LogP contribution is -2.31. The lowest BCUT2D eigenvalue weighted by molar-refractivity contribution is -0.134. The smallest absolute Gasteiger partial charge is 0.332 e. The number of hydrogen-bond donors (Lipinski definition) is 1. The van der Waals surface area contributed by atoms with E-state index in [0.29, 0.717) is 5.75 Å². The van der Waals surface area contributed by atoms with Gasteiger partial charge in [0.25, 0.3) is 0 Å². The molecule has 0 aromatic heterocycles. The minimum absolute atomic E-state index is 0. The summed E-state index contributed by atoms with van der Waals surface area (Å²) in [6, 6.07) is 6.66. The van der Waals surface area contributed by atoms with Gasteiger partial charge in [0.05, 0.1) is 0 Å². The van der Waals surface area contributed by atoms with Gasteiger partial charge in [0, 0.05) is 5.56 Å². The fraction of sp³-hybridized carbons (Fsp3) is 0.100. The van der Waals surface area contributed by atoms with Gasteiger partial charge >= 0.3 is 5.97 Å². The van der Waals surface area contributed by atoms with E-state index in [1.165, 1.54) is 0 Å². The van der Waals surface area contributed by atoms with Crippen molar-refractivity contribution in [3.05, 3.63) is 35.9 Å². The molecular formula is C10H10ClNO2. The highest BCUT2D eigenvalue weighted by atomic mass is 35.5. The van der Waals surface area contributed by atoms with E-state index in [4.69, 9.17) is 10.5 Å². The average Bonchev–Trinajstić information content (AvgIpc) is 2.28. The number of para-hydroxylation sites is 1. The highest BCUT2D eigenvalue weighted by Gasteiger charge is 2.17. The third-order valence-corrected chi connectivity index (χ3v) is 1.88. The second-order valence-corrected chi connectivity index (χ2v) is 2.84. The van der Waals surface area contributed by atoms with Crippen LogP contribution in [0, 0.1) is 0 Å². The number of ether oxygens (including phenoxy) is 1. The minimum atomic E-state index is -0.660. The van der Waals surface area contributed by atoms with Crippen molar-refractivity contribution in [1.82, 2.24) is 0 Å². The van der Waals surface area contributed by atoms with E-state index in [9.17, 15) is 4.79 Å². The second kappa shape index (κ2) is 4.26. The van der Waals surface area contributed by atoms with Crippen LogP contribution >= 0.6 is 12.4 Å². The van der Waals surface area contributed by atoms with Gasteiger partial charge in [-0.25, -0.2) is 4.79 Å². The van der Waals surface area contributed by atoms with Crippen molar-refractivity contribution in [3.63, 3.8) is 0 Å². The predicted octanol–water partition coefficient (Wildman–Crippen LogP) is 1.37. The SMILES string of the molecule is Cl.NC1C=Cc2ccccc2OC1=O. The molecule has 3 nitrogen and oxygen atoms in total. The Balaban J connectivity index is 0.000000980. The average molecular weight is 212 g/mol. The maximum Gasteiger partial charge on any atom is 0.332 e. The van der Waals surface area contributed by atoms with Gasteiger partial charge in [-0.2, -0.15) is 0 Å². The van der Waals surface area contributed by atoms with Crippen molar-refractivity contribution in [2.24, 2.45) is 5.73 Å². The molecule has 2 N–H and O–H groups in total. The van der Waals surface area contributed by atoms with Gasteiger partial charge < -0.3 is 10.5 Å². The summed E-state index contributed by atoms with van der Waals surface area (Å²) in [4.78, 5) is 11.2. The number of carbonyl (C=O) groups is 1. The molecule has 0 aliphatic carbocycles. The topological polar surface area (TPSA) is 52.3 Å². The maximum atomic E-state index is 11.2. The Morgan fingerprint density at radius 3 is 2.79 bits per heavy atom. The number of esters is 1. The molecule has 0 bridgehead atoms. The Labute approximate surface area is 88.0 Å². The summed E-state index contributed by atoms with van der Waals surface area (Å²) in [6.45, 7) is 0. The highest BCUT2D eigenvalue weighted by molar-refractivity contribution is 5.85. The van der Waals surface area contributed by atoms with Crippen LogP contribution in [0.4, 0.5) is 0 Å². The quantitative estimate of drug-likeness (QED) is 0.521. The molecule has 0 saturated heterocycles. The molecule has 1 aromatic carbocycles. The van der Waals surface area contributed by atoms with Crippen LogP contribution in [0.1, 0.15) is 5.56 Å². The van der Waals surface area contributed by atoms with E-state index in [2.05, 4.69) is 0 Å². The molecule has 4 heteroatoms. The first-order chi connectivity index (χ1) is 6.27. The first-order valence-corrected chi connectivity index (χ1v) is 4.02. The van der Waals surface area contributed by atoms with Crippen LogP contribution in [0.2, 0.25) is 0 Å². The second-order valence-electron chi connectivity index (χ2n) is 2.84. The van der Waals surface area contributed by atoms with E-state index >= 15 is 0 Å². The van der Waals surface area contributed by atoms with Crippen LogP contribution in [0.15, 0.2) is 30.3 Å². The third kappa shape index (κ3) is 1.95. The maximum absolute atomic E-state index is 11.2. The lowest BCUT2D eigenvalue weighted by atomic mass is 10.2. The molecule has 1 atom stereocenters. The highest BCUT2D eigenvalue weighted by Crippen LogP contribution is 2.22. The fourth-order valence-electron chi connectivity index (χ4n) is 1.17. The van der Waals surface area contributed by atoms with Crippen LogP contribution in [0.3, 0.4) is 0 Å². The van der Waals surface area contributed by atoms with Gasteiger partial charge in [-0.05, 0) is 6.07 Å². The van der Waals surface area contributed by atoms with Crippen molar-refractivity contribution in [1.29, 1.82) is 0 Å². The van der Waals surface area contributed by atoms with Gasteiger partial charge in [-0.1, -0.05) is 30.4 Å². The molecule has 0 radical (unpaired) electrons. The van der Waals surface area contributed by atoms with Gasteiger partial charge in [-0.15, -0.1) is 12.4 Å². The number of carbonyl (C=O) groups excluding carboxylic acids is 1. The van der Waals surface area contributed by atoms with Gasteiger partial charge in [-0.3, -0.25) is 0 Å². The molecule has 0 amide bonds. The van der Waals surface area contributed by atoms with Crippen molar-refractivity contribution in [2.45, 2.75) is 6.04 Å². The van der Waals surface area contributed by atoms with Crippen molar-refractivity contribution >= 4 is 24.5 Å². The van der Waals surface area contributed by atoms with Crippen LogP contribution in [0.25, 0.3) is 6.08 Å². The molecule has 1 aliphatic rings. The normalized spacial score (nSPS) is 18.9. The largest absolute Gasteiger partial charge is 0.425 e. The van der Waals surface area contributed by atoms with E-state index in [1.54, 1.807) is 18.2 Å². The number of rotatable bonds is 0. The molecular weight excluding hydrogens is 202 g/mol. The molecule has 1 aromatic rings. The van der Waals surface area contributed by atoms with E-state index in [0.717, 1.165) is 5.56 Å². The zero-order valence-electron chi connectivity index (χ0n) is 7.34. The number of halogens is 1. The Bertz CT molecular complexity index is 376. The molecule has 74 valence electrons. The van der Waals surface area contributed by atoms with Gasteiger partial charge in [0.2, 0.25) is 0 Å². The lowest BCUT2D eigenvalue weighted by Gasteiger charge is -2.05. The summed E-state index contributed by atoms with van der Waals surface area (Å²) >= 11 is 0. The standard InChI is InChI=1S/C10H9NO2.ClH/c11-8-6-5-7-3-1-2-4-9(7)13-10(8)12;/h1-6,8H,11H2;1H. The van der Waals surface area contributed by atoms with Crippen LogP contribution in [-0.2, 0) is 4.79 Å². The van der Waals surface area contributed by atoms with Gasteiger partial charge in [0.1, 0.15) is 11.8 Å². The Kier molecular flexibility index (Phi) is 3.28. The summed E-state index contributed by atoms with van der Waals surface area (Å²) < 4.78 is 5.04. The first kappa shape index (κ1) is 10.8. The number of benzene rings is 1. The Morgan fingerprint density at radius 1 is 1.29 bits per heavy atom. The predicted molar refractivity (Wildman–Crippen MR) is 56.3 cm³/mol.